The van der Waals surface area contributed by atoms with E-state index >= 15 is 0 Å². The monoisotopic (exact) mass is 466 g/mol. The molecule has 0 aliphatic carbocycles. The van der Waals surface area contributed by atoms with E-state index in [-0.39, 0.29) is 11.6 Å². The highest BCUT2D eigenvalue weighted by atomic mass is 35.5. The molecule has 0 aliphatic heterocycles. The molecule has 1 heterocycles. The van der Waals surface area contributed by atoms with Crippen LogP contribution < -0.4 is 5.32 Å². The van der Waals surface area contributed by atoms with Crippen molar-refractivity contribution in [2.75, 3.05) is 0 Å². The summed E-state index contributed by atoms with van der Waals surface area (Å²) < 4.78 is 16.3. The largest absolute Gasteiger partial charge is 0.351 e. The van der Waals surface area contributed by atoms with Crippen molar-refractivity contribution in [3.05, 3.63) is 95.3 Å². The van der Waals surface area contributed by atoms with Gasteiger partial charge in [-0.15, -0.1) is 10.2 Å². The Hall–Kier alpha value is -3.16. The number of amides is 1. The van der Waals surface area contributed by atoms with Crippen LogP contribution in [0.2, 0.25) is 5.02 Å². The van der Waals surface area contributed by atoms with E-state index in [2.05, 4.69) is 15.5 Å². The molecule has 1 N–H and O–H groups in total. The number of nitrogens with zero attached hydrogens (tertiary/aromatic N) is 3. The van der Waals surface area contributed by atoms with Gasteiger partial charge in [-0.3, -0.25) is 9.36 Å². The predicted molar refractivity (Wildman–Crippen MR) is 125 cm³/mol. The maximum atomic E-state index is 14.7. The van der Waals surface area contributed by atoms with Gasteiger partial charge >= 0.3 is 0 Å². The van der Waals surface area contributed by atoms with Crippen LogP contribution in [0.3, 0.4) is 0 Å². The highest BCUT2D eigenvalue weighted by Crippen LogP contribution is 2.33. The number of carbonyl (C=O) groups is 1. The average Bonchev–Trinajstić information content (AvgIpc) is 3.21. The molecule has 1 amide bonds. The summed E-state index contributed by atoms with van der Waals surface area (Å²) in [6.45, 7) is 2.20. The summed E-state index contributed by atoms with van der Waals surface area (Å²) in [6, 6.07) is 23.2. The van der Waals surface area contributed by atoms with E-state index in [0.717, 1.165) is 5.56 Å². The molecule has 0 saturated carbocycles. The lowest BCUT2D eigenvalue weighted by Gasteiger charge is -2.15. The average molecular weight is 467 g/mol. The summed E-state index contributed by atoms with van der Waals surface area (Å²) in [6.07, 6.45) is 0. The van der Waals surface area contributed by atoms with Crippen LogP contribution in [-0.2, 0) is 11.3 Å². The minimum atomic E-state index is -0.479. The van der Waals surface area contributed by atoms with Crippen LogP contribution in [0.15, 0.2) is 84.0 Å². The van der Waals surface area contributed by atoms with Gasteiger partial charge in [0.1, 0.15) is 5.82 Å². The van der Waals surface area contributed by atoms with Gasteiger partial charge in [0.2, 0.25) is 5.91 Å². The second kappa shape index (κ2) is 9.97. The highest BCUT2D eigenvalue weighted by Gasteiger charge is 2.24. The van der Waals surface area contributed by atoms with Crippen molar-refractivity contribution in [3.8, 4) is 17.1 Å². The Balaban J connectivity index is 1.63. The number of benzene rings is 3. The molecule has 3 aromatic carbocycles. The first kappa shape index (κ1) is 22.0. The number of hydrogen-bond donors (Lipinski definition) is 1. The maximum absolute atomic E-state index is 14.7. The Labute approximate surface area is 194 Å². The van der Waals surface area contributed by atoms with Crippen molar-refractivity contribution in [1.29, 1.82) is 0 Å². The fourth-order valence-corrected chi connectivity index (χ4v) is 4.26. The second-order valence-electron chi connectivity index (χ2n) is 7.04. The number of nitrogens with one attached hydrogen (secondary N) is 1. The van der Waals surface area contributed by atoms with Crippen LogP contribution in [0.5, 0.6) is 0 Å². The summed E-state index contributed by atoms with van der Waals surface area (Å²) >= 11 is 7.58. The van der Waals surface area contributed by atoms with Gasteiger partial charge < -0.3 is 5.32 Å². The fraction of sp³-hybridized carbons (Fsp3) is 0.125. The van der Waals surface area contributed by atoms with Crippen molar-refractivity contribution < 1.29 is 9.18 Å². The molecule has 0 aliphatic rings. The van der Waals surface area contributed by atoms with Crippen molar-refractivity contribution in [1.82, 2.24) is 20.1 Å². The molecule has 0 spiro atoms. The Morgan fingerprint density at radius 1 is 1.03 bits per heavy atom. The Bertz CT molecular complexity index is 1230. The number of carbonyl (C=O) groups excluding carboxylic acids is 1. The Morgan fingerprint density at radius 2 is 1.72 bits per heavy atom. The van der Waals surface area contributed by atoms with Gasteiger partial charge in [0.15, 0.2) is 11.0 Å². The van der Waals surface area contributed by atoms with Gasteiger partial charge in [0.05, 0.1) is 16.0 Å². The summed E-state index contributed by atoms with van der Waals surface area (Å²) in [5, 5.41) is 11.9. The molecule has 8 heteroatoms. The van der Waals surface area contributed by atoms with E-state index < -0.39 is 11.1 Å². The van der Waals surface area contributed by atoms with E-state index in [1.54, 1.807) is 41.8 Å². The number of thioether (sulfide) groups is 1. The third kappa shape index (κ3) is 4.84. The predicted octanol–water partition coefficient (Wildman–Crippen LogP) is 5.52. The van der Waals surface area contributed by atoms with Gasteiger partial charge in [-0.25, -0.2) is 4.39 Å². The van der Waals surface area contributed by atoms with Crippen LogP contribution in [-0.4, -0.2) is 25.9 Å². The molecule has 32 heavy (non-hydrogen) atoms. The number of para-hydroxylation sites is 1. The lowest BCUT2D eigenvalue weighted by atomic mass is 10.2. The Morgan fingerprint density at radius 3 is 2.47 bits per heavy atom. The fourth-order valence-electron chi connectivity index (χ4n) is 3.15. The number of aromatic nitrogens is 3. The molecular formula is C24H20ClFN4OS. The van der Waals surface area contributed by atoms with E-state index in [1.165, 1.54) is 17.8 Å². The molecule has 0 bridgehead atoms. The first-order valence-corrected chi connectivity index (χ1v) is 11.2. The van der Waals surface area contributed by atoms with Gasteiger partial charge in [0.25, 0.3) is 0 Å². The van der Waals surface area contributed by atoms with Crippen LogP contribution in [0.1, 0.15) is 12.5 Å². The third-order valence-corrected chi connectivity index (χ3v) is 6.17. The zero-order valence-electron chi connectivity index (χ0n) is 17.2. The Kier molecular flexibility index (Phi) is 6.87. The van der Waals surface area contributed by atoms with E-state index in [9.17, 15) is 9.18 Å². The van der Waals surface area contributed by atoms with Gasteiger partial charge in [-0.05, 0) is 36.8 Å². The molecule has 162 valence electrons. The molecule has 0 saturated heterocycles. The summed E-state index contributed by atoms with van der Waals surface area (Å²) in [7, 11) is 0. The topological polar surface area (TPSA) is 59.8 Å². The van der Waals surface area contributed by atoms with Gasteiger partial charge in [-0.2, -0.15) is 0 Å². The molecule has 4 aromatic rings. The second-order valence-corrected chi connectivity index (χ2v) is 8.75. The summed E-state index contributed by atoms with van der Waals surface area (Å²) in [5.41, 5.74) is 1.92. The highest BCUT2D eigenvalue weighted by molar-refractivity contribution is 8.00. The standard InChI is InChI=1S/C24H20ClFN4OS/c1-16(23(31)27-15-17-9-3-2-4-10-17)32-24-29-28-22(18-11-5-6-12-19(18)25)30(24)21-14-8-7-13-20(21)26/h2-14,16H,15H2,1H3,(H,27,31)/t16-/m0/s1. The normalized spacial score (nSPS) is 11.8. The lowest BCUT2D eigenvalue weighted by Crippen LogP contribution is -2.30. The van der Waals surface area contributed by atoms with E-state index in [4.69, 9.17) is 11.6 Å². The third-order valence-electron chi connectivity index (χ3n) is 4.80. The van der Waals surface area contributed by atoms with Crippen molar-refractivity contribution >= 4 is 29.3 Å². The first-order chi connectivity index (χ1) is 15.5. The molecule has 4 rings (SSSR count). The summed E-state index contributed by atoms with van der Waals surface area (Å²) in [4.78, 5) is 12.7. The SMILES string of the molecule is C[C@H](Sc1nnc(-c2ccccc2Cl)n1-c1ccccc1F)C(=O)NCc1ccccc1. The molecule has 0 fully saturated rings. The summed E-state index contributed by atoms with van der Waals surface area (Å²) in [5.74, 6) is -0.176. The zero-order chi connectivity index (χ0) is 22.5. The van der Waals surface area contributed by atoms with Crippen LogP contribution >= 0.6 is 23.4 Å². The van der Waals surface area contributed by atoms with Gasteiger partial charge in [-0.1, -0.05) is 78.0 Å². The molecule has 0 unspecified atom stereocenters. The van der Waals surface area contributed by atoms with Crippen LogP contribution in [0.4, 0.5) is 4.39 Å². The molecule has 1 atom stereocenters. The van der Waals surface area contributed by atoms with E-state index in [0.29, 0.717) is 28.1 Å². The lowest BCUT2D eigenvalue weighted by molar-refractivity contribution is -0.120. The molecule has 1 aromatic heterocycles. The number of hydrogen-bond acceptors (Lipinski definition) is 4. The number of rotatable bonds is 7. The molecule has 0 radical (unpaired) electrons. The smallest absolute Gasteiger partial charge is 0.233 e. The maximum Gasteiger partial charge on any atom is 0.233 e. The van der Waals surface area contributed by atoms with Crippen molar-refractivity contribution in [2.45, 2.75) is 23.9 Å². The first-order valence-electron chi connectivity index (χ1n) is 9.98. The molecular weight excluding hydrogens is 447 g/mol. The minimum absolute atomic E-state index is 0.152. The van der Waals surface area contributed by atoms with Crippen LogP contribution in [0, 0.1) is 5.82 Å². The van der Waals surface area contributed by atoms with E-state index in [1.807, 2.05) is 42.5 Å². The van der Waals surface area contributed by atoms with Crippen molar-refractivity contribution in [2.24, 2.45) is 0 Å². The quantitative estimate of drug-likeness (QED) is 0.364. The van der Waals surface area contributed by atoms with Crippen LogP contribution in [0.25, 0.3) is 17.1 Å². The number of halogens is 2. The van der Waals surface area contributed by atoms with Gasteiger partial charge in [0, 0.05) is 12.1 Å². The zero-order valence-corrected chi connectivity index (χ0v) is 18.8. The minimum Gasteiger partial charge on any atom is -0.351 e. The molecule has 5 nitrogen and oxygen atoms in total. The van der Waals surface area contributed by atoms with Crippen molar-refractivity contribution in [3.63, 3.8) is 0 Å².